The van der Waals surface area contributed by atoms with Crippen molar-refractivity contribution in [2.45, 2.75) is 20.5 Å². The predicted molar refractivity (Wildman–Crippen MR) is 135 cm³/mol. The van der Waals surface area contributed by atoms with Crippen LogP contribution in [0.4, 0.5) is 10.5 Å². The van der Waals surface area contributed by atoms with Gasteiger partial charge in [-0.15, -0.1) is 0 Å². The number of anilines is 1. The third-order valence-corrected chi connectivity index (χ3v) is 6.38. The number of ether oxygens (including phenoxy) is 1. The van der Waals surface area contributed by atoms with Crippen molar-refractivity contribution >= 4 is 57.1 Å². The summed E-state index contributed by atoms with van der Waals surface area (Å²) >= 11 is 9.88. The number of nitrogens with zero attached hydrogens (tertiary/aromatic N) is 1. The zero-order valence-electron chi connectivity index (χ0n) is 18.4. The molecule has 3 aromatic rings. The number of halogens is 2. The number of imide groups is 2. The van der Waals surface area contributed by atoms with Gasteiger partial charge in [0.15, 0.2) is 0 Å². The van der Waals surface area contributed by atoms with Gasteiger partial charge in [0.05, 0.1) is 10.7 Å². The Balaban J connectivity index is 1.60. The van der Waals surface area contributed by atoms with Gasteiger partial charge in [-0.05, 0) is 60.9 Å². The second-order valence-electron chi connectivity index (χ2n) is 7.82. The molecule has 3 aromatic carbocycles. The lowest BCUT2D eigenvalue weighted by molar-refractivity contribution is -0.122. The van der Waals surface area contributed by atoms with E-state index in [-0.39, 0.29) is 5.57 Å². The standard InChI is InChI=1S/C26H20BrClN2O4/c1-15-7-8-16(2)22(11-15)30-25(32)19(24(31)29-26(30)33)12-17-9-10-23(21(28)13-17)34-14-18-5-3-4-6-20(18)27/h3-13H,14H2,1-2H3,(H,29,31,33)/b19-12+. The first kappa shape index (κ1) is 23.7. The number of benzene rings is 3. The smallest absolute Gasteiger partial charge is 0.335 e. The molecule has 0 aliphatic carbocycles. The zero-order valence-corrected chi connectivity index (χ0v) is 20.7. The number of barbiturate groups is 1. The lowest BCUT2D eigenvalue weighted by Gasteiger charge is -2.27. The van der Waals surface area contributed by atoms with Crippen LogP contribution in [-0.2, 0) is 16.2 Å². The second kappa shape index (κ2) is 9.83. The van der Waals surface area contributed by atoms with Crippen LogP contribution in [0, 0.1) is 13.8 Å². The number of carbonyl (C=O) groups excluding carboxylic acids is 3. The monoisotopic (exact) mass is 538 g/mol. The molecule has 4 rings (SSSR count). The molecule has 0 unspecified atom stereocenters. The van der Waals surface area contributed by atoms with Crippen molar-refractivity contribution in [3.8, 4) is 5.75 Å². The summed E-state index contributed by atoms with van der Waals surface area (Å²) in [5, 5.41) is 2.57. The summed E-state index contributed by atoms with van der Waals surface area (Å²) in [6.45, 7) is 3.97. The van der Waals surface area contributed by atoms with Gasteiger partial charge in [0, 0.05) is 10.0 Å². The van der Waals surface area contributed by atoms with Crippen LogP contribution < -0.4 is 15.0 Å². The topological polar surface area (TPSA) is 75.7 Å². The Morgan fingerprint density at radius 1 is 1.03 bits per heavy atom. The second-order valence-corrected chi connectivity index (χ2v) is 9.08. The van der Waals surface area contributed by atoms with E-state index >= 15 is 0 Å². The maximum Gasteiger partial charge on any atom is 0.335 e. The predicted octanol–water partition coefficient (Wildman–Crippen LogP) is 5.96. The molecule has 0 atom stereocenters. The number of hydrogen-bond acceptors (Lipinski definition) is 4. The summed E-state index contributed by atoms with van der Waals surface area (Å²) in [5.74, 6) is -0.999. The average molecular weight is 540 g/mol. The van der Waals surface area contributed by atoms with Gasteiger partial charge >= 0.3 is 6.03 Å². The van der Waals surface area contributed by atoms with Crippen LogP contribution in [0.5, 0.6) is 5.75 Å². The van der Waals surface area contributed by atoms with Crippen molar-refractivity contribution in [3.63, 3.8) is 0 Å². The lowest BCUT2D eigenvalue weighted by atomic mass is 10.0. The van der Waals surface area contributed by atoms with Crippen LogP contribution in [0.3, 0.4) is 0 Å². The van der Waals surface area contributed by atoms with Gasteiger partial charge < -0.3 is 4.74 Å². The first-order valence-electron chi connectivity index (χ1n) is 10.4. The Morgan fingerprint density at radius 2 is 1.79 bits per heavy atom. The minimum absolute atomic E-state index is 0.168. The van der Waals surface area contributed by atoms with E-state index in [9.17, 15) is 14.4 Å². The summed E-state index contributed by atoms with van der Waals surface area (Å²) in [6.07, 6.45) is 1.41. The molecule has 1 aliphatic rings. The molecule has 1 aliphatic heterocycles. The van der Waals surface area contributed by atoms with Gasteiger partial charge in [-0.3, -0.25) is 14.9 Å². The van der Waals surface area contributed by atoms with Gasteiger partial charge in [-0.25, -0.2) is 9.69 Å². The maximum absolute atomic E-state index is 13.2. The van der Waals surface area contributed by atoms with E-state index in [4.69, 9.17) is 16.3 Å². The molecule has 0 saturated carbocycles. The van der Waals surface area contributed by atoms with E-state index in [1.165, 1.54) is 6.08 Å². The van der Waals surface area contributed by atoms with Crippen LogP contribution in [0.25, 0.3) is 6.08 Å². The Labute approximate surface area is 210 Å². The highest BCUT2D eigenvalue weighted by Gasteiger charge is 2.37. The molecule has 4 amide bonds. The summed E-state index contributed by atoms with van der Waals surface area (Å²) in [7, 11) is 0. The van der Waals surface area contributed by atoms with Crippen LogP contribution in [0.1, 0.15) is 22.3 Å². The fraction of sp³-hybridized carbons (Fsp3) is 0.115. The molecule has 1 heterocycles. The van der Waals surface area contributed by atoms with E-state index in [0.29, 0.717) is 28.6 Å². The molecule has 0 spiro atoms. The van der Waals surface area contributed by atoms with Crippen LogP contribution >= 0.6 is 27.5 Å². The highest BCUT2D eigenvalue weighted by Crippen LogP contribution is 2.30. The molecule has 6 nitrogen and oxygen atoms in total. The first-order valence-corrected chi connectivity index (χ1v) is 11.6. The maximum atomic E-state index is 13.2. The molecule has 1 fully saturated rings. The lowest BCUT2D eigenvalue weighted by Crippen LogP contribution is -2.54. The van der Waals surface area contributed by atoms with Crippen LogP contribution in [0.2, 0.25) is 5.02 Å². The summed E-state index contributed by atoms with van der Waals surface area (Å²) < 4.78 is 6.75. The SMILES string of the molecule is Cc1ccc(C)c(N2C(=O)NC(=O)/C(=C\c3ccc(OCc4ccccc4Br)c(Cl)c3)C2=O)c1. The molecule has 1 saturated heterocycles. The van der Waals surface area contributed by atoms with Crippen LogP contribution in [-0.4, -0.2) is 17.8 Å². The normalized spacial score (nSPS) is 15.0. The Hall–Kier alpha value is -3.42. The van der Waals surface area contributed by atoms with E-state index in [0.717, 1.165) is 26.1 Å². The van der Waals surface area contributed by atoms with Crippen molar-refractivity contribution in [1.82, 2.24) is 5.32 Å². The number of carbonyl (C=O) groups is 3. The number of nitrogens with one attached hydrogen (secondary N) is 1. The third kappa shape index (κ3) is 4.90. The number of aryl methyl sites for hydroxylation is 2. The molecule has 34 heavy (non-hydrogen) atoms. The summed E-state index contributed by atoms with van der Waals surface area (Å²) in [4.78, 5) is 39.1. The van der Waals surface area contributed by atoms with Crippen LogP contribution in [0.15, 0.2) is 70.7 Å². The Morgan fingerprint density at radius 3 is 2.53 bits per heavy atom. The van der Waals surface area contributed by atoms with Crippen molar-refractivity contribution in [1.29, 1.82) is 0 Å². The molecule has 0 aromatic heterocycles. The molecule has 172 valence electrons. The molecule has 8 heteroatoms. The summed E-state index contributed by atoms with van der Waals surface area (Å²) in [5.41, 5.74) is 3.36. The van der Waals surface area contributed by atoms with Gasteiger partial charge in [-0.1, -0.05) is 63.9 Å². The van der Waals surface area contributed by atoms with Crippen molar-refractivity contribution in [2.24, 2.45) is 0 Å². The highest BCUT2D eigenvalue weighted by molar-refractivity contribution is 9.10. The Bertz CT molecular complexity index is 1350. The quantitative estimate of drug-likeness (QED) is 0.320. The van der Waals surface area contributed by atoms with Gasteiger partial charge in [-0.2, -0.15) is 0 Å². The fourth-order valence-electron chi connectivity index (χ4n) is 3.50. The molecule has 0 bridgehead atoms. The Kier molecular flexibility index (Phi) is 6.86. The van der Waals surface area contributed by atoms with Crippen molar-refractivity contribution in [2.75, 3.05) is 4.90 Å². The largest absolute Gasteiger partial charge is 0.487 e. The molecule has 1 N–H and O–H groups in total. The molecular formula is C26H20BrClN2O4. The van der Waals surface area contributed by atoms with E-state index in [1.807, 2.05) is 43.3 Å². The van der Waals surface area contributed by atoms with E-state index in [1.54, 1.807) is 31.2 Å². The average Bonchev–Trinajstić information content (AvgIpc) is 2.79. The van der Waals surface area contributed by atoms with Gasteiger partial charge in [0.25, 0.3) is 11.8 Å². The number of urea groups is 1. The minimum atomic E-state index is -0.783. The van der Waals surface area contributed by atoms with E-state index in [2.05, 4.69) is 21.2 Å². The fourth-order valence-corrected chi connectivity index (χ4v) is 4.14. The molecule has 0 radical (unpaired) electrons. The molecular weight excluding hydrogens is 520 g/mol. The summed E-state index contributed by atoms with van der Waals surface area (Å²) in [6, 6.07) is 17.3. The number of rotatable bonds is 5. The minimum Gasteiger partial charge on any atom is -0.487 e. The zero-order chi connectivity index (χ0) is 24.4. The van der Waals surface area contributed by atoms with Gasteiger partial charge in [0.1, 0.15) is 17.9 Å². The van der Waals surface area contributed by atoms with Crippen molar-refractivity contribution in [3.05, 3.63) is 98.0 Å². The number of hydrogen-bond donors (Lipinski definition) is 1. The third-order valence-electron chi connectivity index (χ3n) is 5.32. The van der Waals surface area contributed by atoms with E-state index < -0.39 is 17.8 Å². The highest BCUT2D eigenvalue weighted by atomic mass is 79.9. The first-order chi connectivity index (χ1) is 16.2. The number of amides is 4. The van der Waals surface area contributed by atoms with Crippen molar-refractivity contribution < 1.29 is 19.1 Å². The van der Waals surface area contributed by atoms with Gasteiger partial charge in [0.2, 0.25) is 0 Å².